The quantitative estimate of drug-likeness (QED) is 0.811. The molecule has 1 aromatic carbocycles. The van der Waals surface area contributed by atoms with E-state index in [1.165, 1.54) is 18.3 Å². The number of esters is 1. The van der Waals surface area contributed by atoms with Crippen molar-refractivity contribution in [3.63, 3.8) is 0 Å². The van der Waals surface area contributed by atoms with E-state index in [2.05, 4.69) is 4.98 Å². The fourth-order valence-corrected chi connectivity index (χ4v) is 2.27. The van der Waals surface area contributed by atoms with Crippen LogP contribution in [0.4, 0.5) is 0 Å². The van der Waals surface area contributed by atoms with Gasteiger partial charge >= 0.3 is 5.97 Å². The van der Waals surface area contributed by atoms with Crippen LogP contribution >= 0.6 is 23.2 Å². The molecule has 6 nitrogen and oxygen atoms in total. The first kappa shape index (κ1) is 14.0. The van der Waals surface area contributed by atoms with Gasteiger partial charge in [-0.3, -0.25) is 0 Å². The minimum atomic E-state index is -0.533. The summed E-state index contributed by atoms with van der Waals surface area (Å²) >= 11 is 11.9. The van der Waals surface area contributed by atoms with Gasteiger partial charge in [0.2, 0.25) is 6.79 Å². The molecule has 0 saturated heterocycles. The van der Waals surface area contributed by atoms with E-state index >= 15 is 0 Å². The number of halogens is 2. The van der Waals surface area contributed by atoms with E-state index in [-0.39, 0.29) is 19.0 Å². The fourth-order valence-electron chi connectivity index (χ4n) is 1.86. The Hall–Kier alpha value is -1.92. The van der Waals surface area contributed by atoms with Crippen molar-refractivity contribution in [2.75, 3.05) is 6.79 Å². The summed E-state index contributed by atoms with van der Waals surface area (Å²) in [7, 11) is 1.73. The van der Waals surface area contributed by atoms with Gasteiger partial charge in [0.25, 0.3) is 0 Å². The molecule has 0 N–H and O–H groups in total. The standard InChI is InChI=1S/C13H10Cl2N2O4/c1-17-10(15)4-16-11(17)5-19-13(18)7-2-8(14)12-9(3-7)20-6-21-12/h2-4H,5-6H2,1H3. The van der Waals surface area contributed by atoms with Crippen LogP contribution in [-0.4, -0.2) is 22.3 Å². The summed E-state index contributed by atoms with van der Waals surface area (Å²) in [6.07, 6.45) is 1.49. The molecule has 0 spiro atoms. The van der Waals surface area contributed by atoms with Crippen molar-refractivity contribution in [1.82, 2.24) is 9.55 Å². The maximum Gasteiger partial charge on any atom is 0.338 e. The summed E-state index contributed by atoms with van der Waals surface area (Å²) < 4.78 is 17.2. The Morgan fingerprint density at radius 2 is 2.24 bits per heavy atom. The van der Waals surface area contributed by atoms with Gasteiger partial charge in [-0.15, -0.1) is 0 Å². The second kappa shape index (κ2) is 5.46. The summed E-state index contributed by atoms with van der Waals surface area (Å²) in [6, 6.07) is 3.00. The molecule has 1 aliphatic rings. The van der Waals surface area contributed by atoms with E-state index in [4.69, 9.17) is 37.4 Å². The smallest absolute Gasteiger partial charge is 0.338 e. The number of carbonyl (C=O) groups is 1. The molecular weight excluding hydrogens is 319 g/mol. The highest BCUT2D eigenvalue weighted by Crippen LogP contribution is 2.39. The zero-order chi connectivity index (χ0) is 15.0. The van der Waals surface area contributed by atoms with E-state index in [9.17, 15) is 4.79 Å². The second-order valence-electron chi connectivity index (χ2n) is 4.32. The first-order valence-electron chi connectivity index (χ1n) is 5.98. The Labute approximate surface area is 130 Å². The minimum Gasteiger partial charge on any atom is -0.454 e. The van der Waals surface area contributed by atoms with E-state index < -0.39 is 5.97 Å². The van der Waals surface area contributed by atoms with Crippen molar-refractivity contribution in [1.29, 1.82) is 0 Å². The van der Waals surface area contributed by atoms with Crippen LogP contribution in [0.3, 0.4) is 0 Å². The van der Waals surface area contributed by atoms with Crippen molar-refractivity contribution >= 4 is 29.2 Å². The van der Waals surface area contributed by atoms with E-state index in [1.54, 1.807) is 11.6 Å². The first-order chi connectivity index (χ1) is 10.1. The van der Waals surface area contributed by atoms with E-state index in [0.29, 0.717) is 27.5 Å². The Morgan fingerprint density at radius 3 is 2.95 bits per heavy atom. The average Bonchev–Trinajstić information content (AvgIpc) is 3.05. The van der Waals surface area contributed by atoms with Crippen LogP contribution in [0.1, 0.15) is 16.2 Å². The predicted octanol–water partition coefficient (Wildman–Crippen LogP) is 2.81. The van der Waals surface area contributed by atoms with Crippen LogP contribution in [0.15, 0.2) is 18.3 Å². The van der Waals surface area contributed by atoms with Gasteiger partial charge in [0.1, 0.15) is 17.6 Å². The maximum atomic E-state index is 12.0. The molecule has 1 aliphatic heterocycles. The molecule has 8 heteroatoms. The van der Waals surface area contributed by atoms with Gasteiger partial charge in [0, 0.05) is 7.05 Å². The number of ether oxygens (including phenoxy) is 3. The Kier molecular flexibility index (Phi) is 3.65. The third-order valence-electron chi connectivity index (χ3n) is 3.02. The number of nitrogens with zero attached hydrogens (tertiary/aromatic N) is 2. The first-order valence-corrected chi connectivity index (χ1v) is 6.74. The molecule has 0 unspecified atom stereocenters. The monoisotopic (exact) mass is 328 g/mol. The molecule has 2 aromatic rings. The molecule has 0 atom stereocenters. The number of aromatic nitrogens is 2. The van der Waals surface area contributed by atoms with E-state index in [1.807, 2.05) is 0 Å². The van der Waals surface area contributed by atoms with Gasteiger partial charge in [-0.25, -0.2) is 9.78 Å². The summed E-state index contributed by atoms with van der Waals surface area (Å²) in [5.41, 5.74) is 0.282. The zero-order valence-corrected chi connectivity index (χ0v) is 12.4. The van der Waals surface area contributed by atoms with Crippen molar-refractivity contribution in [2.24, 2.45) is 7.05 Å². The number of hydrogen-bond donors (Lipinski definition) is 0. The van der Waals surface area contributed by atoms with Gasteiger partial charge < -0.3 is 18.8 Å². The lowest BCUT2D eigenvalue weighted by atomic mass is 10.2. The van der Waals surface area contributed by atoms with Crippen molar-refractivity contribution in [3.05, 3.63) is 39.9 Å². The largest absolute Gasteiger partial charge is 0.454 e. The van der Waals surface area contributed by atoms with Crippen LogP contribution < -0.4 is 9.47 Å². The number of rotatable bonds is 3. The van der Waals surface area contributed by atoms with Crippen LogP contribution in [0.2, 0.25) is 10.2 Å². The molecular formula is C13H10Cl2N2O4. The highest BCUT2D eigenvalue weighted by Gasteiger charge is 2.21. The van der Waals surface area contributed by atoms with Crippen molar-refractivity contribution < 1.29 is 19.0 Å². The Bertz CT molecular complexity index is 714. The predicted molar refractivity (Wildman–Crippen MR) is 74.9 cm³/mol. The number of carbonyl (C=O) groups excluding carboxylic acids is 1. The molecule has 0 saturated carbocycles. The van der Waals surface area contributed by atoms with Crippen molar-refractivity contribution in [2.45, 2.75) is 6.61 Å². The van der Waals surface area contributed by atoms with Gasteiger partial charge in [0.15, 0.2) is 11.5 Å². The SMILES string of the molecule is Cn1c(Cl)cnc1COC(=O)c1cc(Cl)c2c(c1)OCO2. The number of imidazole rings is 1. The normalized spacial score (nSPS) is 12.5. The summed E-state index contributed by atoms with van der Waals surface area (Å²) in [5.74, 6) is 0.869. The van der Waals surface area contributed by atoms with E-state index in [0.717, 1.165) is 0 Å². The molecule has 0 amide bonds. The lowest BCUT2D eigenvalue weighted by Crippen LogP contribution is -2.08. The van der Waals surface area contributed by atoms with Gasteiger partial charge in [-0.1, -0.05) is 23.2 Å². The Balaban J connectivity index is 1.74. The molecule has 0 aliphatic carbocycles. The molecule has 2 heterocycles. The third kappa shape index (κ3) is 2.64. The molecule has 110 valence electrons. The van der Waals surface area contributed by atoms with Crippen LogP contribution in [-0.2, 0) is 18.4 Å². The lowest BCUT2D eigenvalue weighted by molar-refractivity contribution is 0.0459. The van der Waals surface area contributed by atoms with Gasteiger partial charge in [0.05, 0.1) is 16.8 Å². The molecule has 21 heavy (non-hydrogen) atoms. The molecule has 1 aromatic heterocycles. The highest BCUT2D eigenvalue weighted by atomic mass is 35.5. The molecule has 0 radical (unpaired) electrons. The molecule has 0 bridgehead atoms. The fraction of sp³-hybridized carbons (Fsp3) is 0.231. The number of fused-ring (bicyclic) bond motifs is 1. The third-order valence-corrected chi connectivity index (χ3v) is 3.65. The lowest BCUT2D eigenvalue weighted by Gasteiger charge is -2.07. The summed E-state index contributed by atoms with van der Waals surface area (Å²) in [4.78, 5) is 16.1. The number of benzene rings is 1. The second-order valence-corrected chi connectivity index (χ2v) is 5.12. The van der Waals surface area contributed by atoms with Gasteiger partial charge in [-0.05, 0) is 12.1 Å². The van der Waals surface area contributed by atoms with Crippen molar-refractivity contribution in [3.8, 4) is 11.5 Å². The molecule has 0 fully saturated rings. The van der Waals surface area contributed by atoms with Crippen LogP contribution in [0.25, 0.3) is 0 Å². The Morgan fingerprint density at radius 1 is 1.43 bits per heavy atom. The summed E-state index contributed by atoms with van der Waals surface area (Å²) in [6.45, 7) is 0.0907. The van der Waals surface area contributed by atoms with Gasteiger partial charge in [-0.2, -0.15) is 0 Å². The minimum absolute atomic E-state index is 0.00805. The average molecular weight is 329 g/mol. The topological polar surface area (TPSA) is 62.6 Å². The molecule has 3 rings (SSSR count). The van der Waals surface area contributed by atoms with Crippen LogP contribution in [0, 0.1) is 0 Å². The summed E-state index contributed by atoms with van der Waals surface area (Å²) in [5, 5.41) is 0.768. The number of hydrogen-bond acceptors (Lipinski definition) is 5. The maximum absolute atomic E-state index is 12.0. The zero-order valence-electron chi connectivity index (χ0n) is 10.9. The van der Waals surface area contributed by atoms with Crippen LogP contribution in [0.5, 0.6) is 11.5 Å². The highest BCUT2D eigenvalue weighted by molar-refractivity contribution is 6.32.